The third kappa shape index (κ3) is 6.38. The minimum Gasteiger partial charge on any atom is -0.489 e. The number of ether oxygens (including phenoxy) is 2. The fourth-order valence-electron chi connectivity index (χ4n) is 2.71. The molecular formula is C19H26ClIN4O2S. The van der Waals surface area contributed by atoms with Gasteiger partial charge in [0.1, 0.15) is 0 Å². The van der Waals surface area contributed by atoms with Crippen LogP contribution in [0.2, 0.25) is 5.02 Å². The first-order valence-electron chi connectivity index (χ1n) is 9.15. The van der Waals surface area contributed by atoms with Gasteiger partial charge >= 0.3 is 0 Å². The maximum absolute atomic E-state index is 6.35. The minimum absolute atomic E-state index is 0. The van der Waals surface area contributed by atoms with Crippen LogP contribution in [0.4, 0.5) is 0 Å². The number of benzene rings is 1. The summed E-state index contributed by atoms with van der Waals surface area (Å²) in [5.74, 6) is 2.08. The molecule has 154 valence electrons. The van der Waals surface area contributed by atoms with E-state index >= 15 is 0 Å². The molecule has 0 bridgehead atoms. The Labute approximate surface area is 192 Å². The summed E-state index contributed by atoms with van der Waals surface area (Å²) in [5, 5.41) is 8.34. The van der Waals surface area contributed by atoms with E-state index in [-0.39, 0.29) is 24.0 Å². The van der Waals surface area contributed by atoms with Crippen LogP contribution in [0.3, 0.4) is 0 Å². The van der Waals surface area contributed by atoms with Gasteiger partial charge in [-0.2, -0.15) is 0 Å². The Balaban J connectivity index is 0.00000280. The number of hydrogen-bond acceptors (Lipinski definition) is 5. The monoisotopic (exact) mass is 536 g/mol. The molecule has 1 aromatic heterocycles. The topological polar surface area (TPSA) is 67.8 Å². The van der Waals surface area contributed by atoms with Crippen LogP contribution >= 0.6 is 46.9 Å². The quantitative estimate of drug-likeness (QED) is 0.331. The molecule has 0 atom stereocenters. The number of aromatic nitrogens is 1. The van der Waals surface area contributed by atoms with Crippen molar-refractivity contribution in [2.75, 3.05) is 26.8 Å². The molecule has 3 rings (SSSR count). The van der Waals surface area contributed by atoms with Gasteiger partial charge in [0.2, 0.25) is 0 Å². The third-order valence-electron chi connectivity index (χ3n) is 4.13. The van der Waals surface area contributed by atoms with Crippen molar-refractivity contribution in [3.05, 3.63) is 38.8 Å². The number of aliphatic imine (C=N–C) groups is 1. The largest absolute Gasteiger partial charge is 0.489 e. The van der Waals surface area contributed by atoms with Crippen LogP contribution in [0.5, 0.6) is 11.5 Å². The van der Waals surface area contributed by atoms with Crippen LogP contribution in [0.25, 0.3) is 0 Å². The molecule has 0 aliphatic carbocycles. The smallest absolute Gasteiger partial charge is 0.191 e. The summed E-state index contributed by atoms with van der Waals surface area (Å²) in [7, 11) is 1.76. The van der Waals surface area contributed by atoms with Crippen molar-refractivity contribution in [2.24, 2.45) is 4.99 Å². The van der Waals surface area contributed by atoms with Crippen molar-refractivity contribution < 1.29 is 9.47 Å². The summed E-state index contributed by atoms with van der Waals surface area (Å²) in [6.45, 7) is 4.78. The first-order chi connectivity index (χ1) is 13.2. The Morgan fingerprint density at radius 1 is 1.29 bits per heavy atom. The molecule has 2 N–H and O–H groups in total. The first kappa shape index (κ1) is 23.0. The summed E-state index contributed by atoms with van der Waals surface area (Å²) in [6, 6.07) is 3.87. The number of halogens is 2. The minimum atomic E-state index is 0. The predicted molar refractivity (Wildman–Crippen MR) is 126 cm³/mol. The Bertz CT molecular complexity index is 800. The molecule has 0 saturated carbocycles. The number of rotatable bonds is 6. The number of aryl methyl sites for hydroxylation is 1. The van der Waals surface area contributed by atoms with Crippen molar-refractivity contribution in [1.29, 1.82) is 0 Å². The Hall–Kier alpha value is -1.26. The average molecular weight is 537 g/mol. The lowest BCUT2D eigenvalue weighted by atomic mass is 10.2. The molecule has 2 heterocycles. The van der Waals surface area contributed by atoms with E-state index in [0.29, 0.717) is 36.3 Å². The highest BCUT2D eigenvalue weighted by atomic mass is 127. The molecule has 2 aromatic rings. The van der Waals surface area contributed by atoms with E-state index in [4.69, 9.17) is 21.1 Å². The van der Waals surface area contributed by atoms with Crippen molar-refractivity contribution in [1.82, 2.24) is 15.6 Å². The van der Waals surface area contributed by atoms with E-state index in [0.717, 1.165) is 42.3 Å². The molecule has 1 aliphatic rings. The maximum atomic E-state index is 6.35. The van der Waals surface area contributed by atoms with Crippen LogP contribution in [0.1, 0.15) is 28.8 Å². The number of nitrogens with zero attached hydrogens (tertiary/aromatic N) is 2. The van der Waals surface area contributed by atoms with Crippen LogP contribution < -0.4 is 20.1 Å². The molecule has 28 heavy (non-hydrogen) atoms. The molecular weight excluding hydrogens is 511 g/mol. The Kier molecular flexibility index (Phi) is 9.60. The second kappa shape index (κ2) is 11.7. The molecule has 1 aromatic carbocycles. The summed E-state index contributed by atoms with van der Waals surface area (Å²) in [4.78, 5) is 10.0. The molecule has 1 aliphatic heterocycles. The Morgan fingerprint density at radius 3 is 2.86 bits per heavy atom. The molecule has 9 heteroatoms. The van der Waals surface area contributed by atoms with Gasteiger partial charge in [0.25, 0.3) is 0 Å². The highest BCUT2D eigenvalue weighted by Crippen LogP contribution is 2.37. The van der Waals surface area contributed by atoms with E-state index in [1.807, 2.05) is 18.3 Å². The van der Waals surface area contributed by atoms with E-state index in [1.165, 1.54) is 4.88 Å². The van der Waals surface area contributed by atoms with E-state index in [2.05, 4.69) is 27.5 Å². The molecule has 0 saturated heterocycles. The van der Waals surface area contributed by atoms with Gasteiger partial charge in [-0.3, -0.25) is 4.99 Å². The van der Waals surface area contributed by atoms with Crippen LogP contribution in [-0.4, -0.2) is 37.7 Å². The van der Waals surface area contributed by atoms with Gasteiger partial charge in [0.15, 0.2) is 17.5 Å². The van der Waals surface area contributed by atoms with Gasteiger partial charge in [-0.05, 0) is 24.1 Å². The normalized spacial score (nSPS) is 13.5. The maximum Gasteiger partial charge on any atom is 0.191 e. The Morgan fingerprint density at radius 2 is 2.11 bits per heavy atom. The number of guanidine groups is 1. The summed E-state index contributed by atoms with van der Waals surface area (Å²) in [5.41, 5.74) is 1.01. The summed E-state index contributed by atoms with van der Waals surface area (Å²) < 4.78 is 11.4. The van der Waals surface area contributed by atoms with Gasteiger partial charge in [-0.25, -0.2) is 4.98 Å². The fourth-order valence-corrected chi connectivity index (χ4v) is 3.86. The highest BCUT2D eigenvalue weighted by molar-refractivity contribution is 14.0. The van der Waals surface area contributed by atoms with E-state index in [1.54, 1.807) is 18.4 Å². The zero-order chi connectivity index (χ0) is 19.1. The number of thiazole rings is 1. The van der Waals surface area contributed by atoms with Crippen LogP contribution in [-0.2, 0) is 19.4 Å². The van der Waals surface area contributed by atoms with Crippen molar-refractivity contribution in [3.63, 3.8) is 0 Å². The molecule has 6 nitrogen and oxygen atoms in total. The van der Waals surface area contributed by atoms with Crippen LogP contribution in [0.15, 0.2) is 23.3 Å². The zero-order valence-electron chi connectivity index (χ0n) is 16.1. The van der Waals surface area contributed by atoms with E-state index in [9.17, 15) is 0 Å². The summed E-state index contributed by atoms with van der Waals surface area (Å²) in [6.07, 6.45) is 4.72. The predicted octanol–water partition coefficient (Wildman–Crippen LogP) is 4.05. The molecule has 0 unspecified atom stereocenters. The van der Waals surface area contributed by atoms with Crippen LogP contribution in [0, 0.1) is 0 Å². The summed E-state index contributed by atoms with van der Waals surface area (Å²) >= 11 is 8.12. The fraction of sp³-hybridized carbons (Fsp3) is 0.474. The molecule has 0 fully saturated rings. The SMILES string of the molecule is CCc1cnc(CCNC(=NC)NCc2cc(Cl)c3c(c2)OCCCO3)s1.I. The second-order valence-corrected chi connectivity index (χ2v) is 7.74. The molecule has 0 amide bonds. The van der Waals surface area contributed by atoms with Gasteiger partial charge in [0.05, 0.1) is 23.2 Å². The highest BCUT2D eigenvalue weighted by Gasteiger charge is 2.15. The van der Waals surface area contributed by atoms with Gasteiger partial charge in [-0.15, -0.1) is 35.3 Å². The van der Waals surface area contributed by atoms with Crippen molar-refractivity contribution in [2.45, 2.75) is 32.7 Å². The standard InChI is InChI=1S/C19H25ClN4O2S.HI/c1-3-14-12-23-17(27-14)5-6-22-19(21-2)24-11-13-9-15(20)18-16(10-13)25-7-4-8-26-18;/h9-10,12H,3-8,11H2,1-2H3,(H2,21,22,24);1H. The zero-order valence-corrected chi connectivity index (χ0v) is 20.0. The first-order valence-corrected chi connectivity index (χ1v) is 10.3. The molecule has 0 spiro atoms. The lowest BCUT2D eigenvalue weighted by Crippen LogP contribution is -2.37. The molecule has 0 radical (unpaired) electrons. The van der Waals surface area contributed by atoms with Gasteiger partial charge in [0, 0.05) is 44.1 Å². The lowest BCUT2D eigenvalue weighted by molar-refractivity contribution is 0.297. The van der Waals surface area contributed by atoms with Gasteiger partial charge in [-0.1, -0.05) is 18.5 Å². The van der Waals surface area contributed by atoms with Crippen molar-refractivity contribution in [3.8, 4) is 11.5 Å². The number of hydrogen-bond donors (Lipinski definition) is 2. The van der Waals surface area contributed by atoms with Gasteiger partial charge < -0.3 is 20.1 Å². The third-order valence-corrected chi connectivity index (χ3v) is 5.61. The second-order valence-electron chi connectivity index (χ2n) is 6.13. The lowest BCUT2D eigenvalue weighted by Gasteiger charge is -2.14. The van der Waals surface area contributed by atoms with Crippen molar-refractivity contribution >= 4 is 52.9 Å². The number of fused-ring (bicyclic) bond motifs is 1. The average Bonchev–Trinajstić information content (AvgIpc) is 3.00. The number of nitrogens with one attached hydrogen (secondary N) is 2. The van der Waals surface area contributed by atoms with E-state index < -0.39 is 0 Å².